The summed E-state index contributed by atoms with van der Waals surface area (Å²) >= 11 is 0. The van der Waals surface area contributed by atoms with Crippen molar-refractivity contribution in [1.29, 1.82) is 0 Å². The van der Waals surface area contributed by atoms with Gasteiger partial charge in [0.2, 0.25) is 0 Å². The molecule has 1 radical (unpaired) electrons. The second-order valence-corrected chi connectivity index (χ2v) is 4.08. The van der Waals surface area contributed by atoms with Gasteiger partial charge in [-0.25, -0.2) is 0 Å². The van der Waals surface area contributed by atoms with Crippen LogP contribution in [-0.4, -0.2) is 0 Å². The van der Waals surface area contributed by atoms with Crippen molar-refractivity contribution >= 4 is 0 Å². The summed E-state index contributed by atoms with van der Waals surface area (Å²) in [5.41, 5.74) is 6.20. The molecule has 0 saturated carbocycles. The molecule has 1 heteroatoms. The largest absolute Gasteiger partial charge is 0.0601 e. The van der Waals surface area contributed by atoms with Gasteiger partial charge in [0.25, 0.3) is 0 Å². The summed E-state index contributed by atoms with van der Waals surface area (Å²) in [5.74, 6) is 0. The quantitative estimate of drug-likeness (QED) is 0.675. The molecule has 0 bridgehead atoms. The van der Waals surface area contributed by atoms with E-state index in [9.17, 15) is 0 Å². The standard InChI is InChI=1S/C12H19.W/c1-7-12(6)10(4)8(2)9(3)11(12)5;/h1,7H2,2-6H3;. The average molecular weight is 347 g/mol. The molecule has 0 fully saturated rings. The number of hydrogen-bond acceptors (Lipinski definition) is 0. The van der Waals surface area contributed by atoms with E-state index < -0.39 is 0 Å². The van der Waals surface area contributed by atoms with Crippen LogP contribution >= 0.6 is 0 Å². The molecule has 1 aliphatic carbocycles. The molecule has 0 aromatic carbocycles. The zero-order valence-corrected chi connectivity index (χ0v) is 12.3. The van der Waals surface area contributed by atoms with Gasteiger partial charge in [0.1, 0.15) is 0 Å². The van der Waals surface area contributed by atoms with Crippen molar-refractivity contribution in [3.8, 4) is 0 Å². The molecule has 0 spiro atoms. The third kappa shape index (κ3) is 1.70. The van der Waals surface area contributed by atoms with Crippen LogP contribution in [0.1, 0.15) is 41.0 Å². The number of rotatable bonds is 1. The van der Waals surface area contributed by atoms with Crippen molar-refractivity contribution < 1.29 is 21.1 Å². The minimum atomic E-state index is 0. The molecule has 13 heavy (non-hydrogen) atoms. The average Bonchev–Trinajstić information content (AvgIpc) is 2.22. The van der Waals surface area contributed by atoms with Gasteiger partial charge in [-0.1, -0.05) is 25.0 Å². The monoisotopic (exact) mass is 347 g/mol. The Balaban J connectivity index is 0.00000144. The van der Waals surface area contributed by atoms with Crippen LogP contribution in [0.3, 0.4) is 0 Å². The first-order valence-electron chi connectivity index (χ1n) is 4.60. The van der Waals surface area contributed by atoms with E-state index in [1.165, 1.54) is 22.3 Å². The van der Waals surface area contributed by atoms with E-state index in [1.54, 1.807) is 0 Å². The SMILES string of the molecule is [CH2]CC1(C)C(C)=C(C)C(C)=C1C.[W]. The van der Waals surface area contributed by atoms with Crippen LogP contribution < -0.4 is 0 Å². The molecule has 0 aromatic rings. The normalized spacial score (nSPS) is 20.8. The Kier molecular flexibility index (Phi) is 4.18. The molecule has 0 aromatic heterocycles. The van der Waals surface area contributed by atoms with Crippen LogP contribution in [0.2, 0.25) is 0 Å². The zero-order valence-electron chi connectivity index (χ0n) is 9.32. The van der Waals surface area contributed by atoms with Crippen LogP contribution in [0, 0.1) is 12.3 Å². The van der Waals surface area contributed by atoms with Crippen LogP contribution in [0.25, 0.3) is 0 Å². The molecular weight excluding hydrogens is 328 g/mol. The first-order chi connectivity index (χ1) is 5.45. The maximum absolute atomic E-state index is 4.04. The summed E-state index contributed by atoms with van der Waals surface area (Å²) < 4.78 is 0. The Morgan fingerprint density at radius 2 is 1.31 bits per heavy atom. The molecule has 73 valence electrons. The third-order valence-corrected chi connectivity index (χ3v) is 3.84. The Morgan fingerprint density at radius 1 is 1.00 bits per heavy atom. The second-order valence-electron chi connectivity index (χ2n) is 4.08. The summed E-state index contributed by atoms with van der Waals surface area (Å²) in [4.78, 5) is 0. The van der Waals surface area contributed by atoms with Crippen molar-refractivity contribution in [3.63, 3.8) is 0 Å². The third-order valence-electron chi connectivity index (χ3n) is 3.84. The fourth-order valence-corrected chi connectivity index (χ4v) is 2.05. The van der Waals surface area contributed by atoms with E-state index >= 15 is 0 Å². The Morgan fingerprint density at radius 3 is 1.46 bits per heavy atom. The van der Waals surface area contributed by atoms with Gasteiger partial charge < -0.3 is 0 Å². The first kappa shape index (κ1) is 13.2. The van der Waals surface area contributed by atoms with Crippen molar-refractivity contribution in [2.75, 3.05) is 0 Å². The van der Waals surface area contributed by atoms with Crippen molar-refractivity contribution in [2.24, 2.45) is 5.41 Å². The molecular formula is C12H19W. The van der Waals surface area contributed by atoms with E-state index in [1.807, 2.05) is 0 Å². The van der Waals surface area contributed by atoms with Crippen LogP contribution in [0.5, 0.6) is 0 Å². The van der Waals surface area contributed by atoms with E-state index in [2.05, 4.69) is 41.5 Å². The molecule has 0 unspecified atom stereocenters. The Hall–Kier alpha value is 0.168. The molecule has 0 aliphatic heterocycles. The summed E-state index contributed by atoms with van der Waals surface area (Å²) in [6.45, 7) is 15.2. The van der Waals surface area contributed by atoms with E-state index in [0.717, 1.165) is 6.42 Å². The molecule has 0 heterocycles. The predicted octanol–water partition coefficient (Wildman–Crippen LogP) is 3.90. The van der Waals surface area contributed by atoms with Crippen molar-refractivity contribution in [1.82, 2.24) is 0 Å². The van der Waals surface area contributed by atoms with Gasteiger partial charge in [-0.2, -0.15) is 0 Å². The molecule has 1 rings (SSSR count). The second kappa shape index (κ2) is 4.13. The van der Waals surface area contributed by atoms with Gasteiger partial charge in [-0.05, 0) is 45.3 Å². The number of hydrogen-bond donors (Lipinski definition) is 0. The van der Waals surface area contributed by atoms with Gasteiger partial charge >= 0.3 is 0 Å². The summed E-state index contributed by atoms with van der Waals surface area (Å²) in [7, 11) is 0. The van der Waals surface area contributed by atoms with Crippen LogP contribution in [0.15, 0.2) is 22.3 Å². The molecule has 0 nitrogen and oxygen atoms in total. The maximum Gasteiger partial charge on any atom is 0.00983 e. The maximum atomic E-state index is 4.04. The molecule has 0 atom stereocenters. The minimum absolute atomic E-state index is 0. The van der Waals surface area contributed by atoms with Gasteiger partial charge in [-0.3, -0.25) is 0 Å². The smallest absolute Gasteiger partial charge is 0.00983 e. The predicted molar refractivity (Wildman–Crippen MR) is 54.8 cm³/mol. The Bertz CT molecular complexity index is 245. The van der Waals surface area contributed by atoms with Crippen molar-refractivity contribution in [3.05, 3.63) is 29.2 Å². The Labute approximate surface area is 96.8 Å². The van der Waals surface area contributed by atoms with Gasteiger partial charge in [0, 0.05) is 26.5 Å². The van der Waals surface area contributed by atoms with E-state index in [4.69, 9.17) is 0 Å². The zero-order chi connectivity index (χ0) is 9.52. The fraction of sp³-hybridized carbons (Fsp3) is 0.583. The molecule has 1 aliphatic rings. The topological polar surface area (TPSA) is 0 Å². The van der Waals surface area contributed by atoms with Crippen molar-refractivity contribution in [2.45, 2.75) is 41.0 Å². The first-order valence-corrected chi connectivity index (χ1v) is 4.60. The van der Waals surface area contributed by atoms with E-state index in [0.29, 0.717) is 0 Å². The summed E-state index contributed by atoms with van der Waals surface area (Å²) in [6, 6.07) is 0. The van der Waals surface area contributed by atoms with Crippen LogP contribution in [0.4, 0.5) is 0 Å². The fourth-order valence-electron chi connectivity index (χ4n) is 2.05. The molecule has 0 N–H and O–H groups in total. The van der Waals surface area contributed by atoms with Gasteiger partial charge in [0.15, 0.2) is 0 Å². The number of allylic oxidation sites excluding steroid dienone is 4. The van der Waals surface area contributed by atoms with Gasteiger partial charge in [0.05, 0.1) is 0 Å². The minimum Gasteiger partial charge on any atom is -0.0601 e. The molecule has 0 amide bonds. The van der Waals surface area contributed by atoms with Crippen LogP contribution in [-0.2, 0) is 21.1 Å². The molecule has 0 saturated heterocycles. The van der Waals surface area contributed by atoms with E-state index in [-0.39, 0.29) is 26.5 Å². The summed E-state index contributed by atoms with van der Waals surface area (Å²) in [5, 5.41) is 0. The summed E-state index contributed by atoms with van der Waals surface area (Å²) in [6.07, 6.45) is 0.972. The van der Waals surface area contributed by atoms with Gasteiger partial charge in [-0.15, -0.1) is 0 Å².